The number of hydrogen-bond donors (Lipinski definition) is 3. The molecular weight excluding hydrogens is 269 g/mol. The van der Waals surface area contributed by atoms with Crippen molar-refractivity contribution in [3.63, 3.8) is 0 Å². The maximum absolute atomic E-state index is 7.91. The first-order chi connectivity index (χ1) is 8.69. The molecule has 1 aromatic carbocycles. The van der Waals surface area contributed by atoms with Crippen LogP contribution in [0.3, 0.4) is 0 Å². The van der Waals surface area contributed by atoms with Crippen molar-refractivity contribution in [1.82, 2.24) is 4.84 Å². The molecule has 0 saturated heterocycles. The van der Waals surface area contributed by atoms with Gasteiger partial charge < -0.3 is 10.7 Å². The van der Waals surface area contributed by atoms with E-state index < -0.39 is 0 Å². The first-order valence-electron chi connectivity index (χ1n) is 5.84. The van der Waals surface area contributed by atoms with Gasteiger partial charge in [0.15, 0.2) is 0 Å². The van der Waals surface area contributed by atoms with Crippen molar-refractivity contribution in [3.8, 4) is 0 Å². The van der Waals surface area contributed by atoms with Crippen molar-refractivity contribution in [3.05, 3.63) is 41.1 Å². The second-order valence-electron chi connectivity index (χ2n) is 4.34. The topological polar surface area (TPSA) is 47.9 Å². The summed E-state index contributed by atoms with van der Waals surface area (Å²) in [6, 6.07) is 7.46. The van der Waals surface area contributed by atoms with E-state index in [0.717, 1.165) is 24.2 Å². The Bertz CT molecular complexity index is 467. The Labute approximate surface area is 117 Å². The summed E-state index contributed by atoms with van der Waals surface area (Å²) in [5.41, 5.74) is 2.42. The highest BCUT2D eigenvalue weighted by Crippen LogP contribution is 2.30. The first-order valence-corrected chi connectivity index (χ1v) is 6.59. The quantitative estimate of drug-likeness (QED) is 0.549. The number of halogens is 2. The average Bonchev–Trinajstić information content (AvgIpc) is 3.12. The number of hydrogen-bond acceptors (Lipinski definition) is 3. The molecule has 1 saturated carbocycles. The molecule has 1 fully saturated rings. The summed E-state index contributed by atoms with van der Waals surface area (Å²) in [5.74, 6) is 0.427. The average molecular weight is 284 g/mol. The van der Waals surface area contributed by atoms with Crippen LogP contribution >= 0.6 is 23.4 Å². The van der Waals surface area contributed by atoms with E-state index in [1.807, 2.05) is 30.3 Å². The minimum atomic E-state index is 0.427. The Morgan fingerprint density at radius 1 is 1.44 bits per heavy atom. The van der Waals surface area contributed by atoms with Gasteiger partial charge in [0, 0.05) is 28.0 Å². The van der Waals surface area contributed by atoms with Gasteiger partial charge in [0.1, 0.15) is 0 Å². The Morgan fingerprint density at radius 3 is 2.83 bits per heavy atom. The second-order valence-corrected chi connectivity index (χ2v) is 5.05. The summed E-state index contributed by atoms with van der Waals surface area (Å²) in [7, 11) is 0. The molecule has 0 heterocycles. The first kappa shape index (κ1) is 13.4. The molecule has 3 N–H and O–H groups in total. The third-order valence-electron chi connectivity index (χ3n) is 2.73. The van der Waals surface area contributed by atoms with Crippen molar-refractivity contribution >= 4 is 34.8 Å². The highest BCUT2D eigenvalue weighted by molar-refractivity contribution is 6.30. The number of rotatable bonds is 6. The van der Waals surface area contributed by atoms with Crippen LogP contribution in [-0.2, 0) is 0 Å². The molecule has 0 amide bonds. The number of nitrogens with one attached hydrogen (secondary N) is 3. The minimum Gasteiger partial charge on any atom is -0.358 e. The molecule has 0 unspecified atom stereocenters. The van der Waals surface area contributed by atoms with Gasteiger partial charge in [-0.2, -0.15) is 0 Å². The minimum absolute atomic E-state index is 0.427. The zero-order valence-corrected chi connectivity index (χ0v) is 11.4. The summed E-state index contributed by atoms with van der Waals surface area (Å²) in [5, 5.41) is 11.8. The van der Waals surface area contributed by atoms with Crippen molar-refractivity contribution in [2.45, 2.75) is 12.8 Å². The second kappa shape index (κ2) is 6.23. The SMILES string of the molecule is N=C(/C=C(/CNCl)Nc1cccc(Cl)c1)C1CC1. The molecule has 0 radical (unpaired) electrons. The molecule has 0 atom stereocenters. The molecule has 96 valence electrons. The van der Waals surface area contributed by atoms with Crippen molar-refractivity contribution in [1.29, 1.82) is 5.41 Å². The lowest BCUT2D eigenvalue weighted by atomic mass is 10.2. The van der Waals surface area contributed by atoms with Crippen LogP contribution in [0.15, 0.2) is 36.0 Å². The van der Waals surface area contributed by atoms with Gasteiger partial charge in [-0.05, 0) is 48.9 Å². The summed E-state index contributed by atoms with van der Waals surface area (Å²) < 4.78 is 0. The van der Waals surface area contributed by atoms with Gasteiger partial charge >= 0.3 is 0 Å². The van der Waals surface area contributed by atoms with Crippen molar-refractivity contribution < 1.29 is 0 Å². The van der Waals surface area contributed by atoms with E-state index in [-0.39, 0.29) is 0 Å². The Kier molecular flexibility index (Phi) is 4.64. The maximum Gasteiger partial charge on any atom is 0.0511 e. The van der Waals surface area contributed by atoms with Gasteiger partial charge in [-0.1, -0.05) is 17.7 Å². The molecule has 2 rings (SSSR count). The number of anilines is 1. The van der Waals surface area contributed by atoms with E-state index in [1.54, 1.807) is 0 Å². The van der Waals surface area contributed by atoms with Crippen LogP contribution in [0.25, 0.3) is 0 Å². The van der Waals surface area contributed by atoms with Gasteiger partial charge in [-0.25, -0.2) is 4.84 Å². The lowest BCUT2D eigenvalue weighted by Crippen LogP contribution is -2.14. The van der Waals surface area contributed by atoms with Crippen LogP contribution in [0, 0.1) is 11.3 Å². The molecular formula is C13H15Cl2N3. The van der Waals surface area contributed by atoms with Gasteiger partial charge in [-0.3, -0.25) is 0 Å². The maximum atomic E-state index is 7.91. The van der Waals surface area contributed by atoms with Crippen molar-refractivity contribution in [2.24, 2.45) is 5.92 Å². The molecule has 1 aliphatic rings. The van der Waals surface area contributed by atoms with E-state index >= 15 is 0 Å². The number of allylic oxidation sites excluding steroid dienone is 1. The largest absolute Gasteiger partial charge is 0.358 e. The van der Waals surface area contributed by atoms with Gasteiger partial charge in [0.25, 0.3) is 0 Å². The van der Waals surface area contributed by atoms with Crippen LogP contribution in [0.5, 0.6) is 0 Å². The Balaban J connectivity index is 2.07. The third-order valence-corrected chi connectivity index (χ3v) is 3.10. The predicted octanol–water partition coefficient (Wildman–Crippen LogP) is 3.81. The lowest BCUT2D eigenvalue weighted by molar-refractivity contribution is 1.04. The molecule has 0 aromatic heterocycles. The monoisotopic (exact) mass is 283 g/mol. The van der Waals surface area contributed by atoms with E-state index in [2.05, 4.69) is 10.2 Å². The van der Waals surface area contributed by atoms with Crippen LogP contribution in [0.4, 0.5) is 5.69 Å². The summed E-state index contributed by atoms with van der Waals surface area (Å²) in [6.45, 7) is 0.475. The van der Waals surface area contributed by atoms with E-state index in [0.29, 0.717) is 23.2 Å². The molecule has 0 aliphatic heterocycles. The molecule has 1 aromatic rings. The summed E-state index contributed by atoms with van der Waals surface area (Å²) in [4.78, 5) is 2.58. The number of benzene rings is 1. The van der Waals surface area contributed by atoms with Crippen LogP contribution < -0.4 is 10.2 Å². The van der Waals surface area contributed by atoms with Gasteiger partial charge in [-0.15, -0.1) is 0 Å². The van der Waals surface area contributed by atoms with Crippen LogP contribution in [0.1, 0.15) is 12.8 Å². The Morgan fingerprint density at radius 2 is 2.22 bits per heavy atom. The molecule has 1 aliphatic carbocycles. The molecule has 0 bridgehead atoms. The van der Waals surface area contributed by atoms with E-state index in [9.17, 15) is 0 Å². The fourth-order valence-corrected chi connectivity index (χ4v) is 1.99. The molecule has 5 heteroatoms. The fraction of sp³-hybridized carbons (Fsp3) is 0.308. The predicted molar refractivity (Wildman–Crippen MR) is 77.5 cm³/mol. The normalized spacial score (nSPS) is 15.6. The summed E-state index contributed by atoms with van der Waals surface area (Å²) >= 11 is 11.5. The Hall–Kier alpha value is -1.03. The van der Waals surface area contributed by atoms with E-state index in [4.69, 9.17) is 28.8 Å². The zero-order chi connectivity index (χ0) is 13.0. The van der Waals surface area contributed by atoms with Crippen molar-refractivity contribution in [2.75, 3.05) is 11.9 Å². The van der Waals surface area contributed by atoms with E-state index in [1.165, 1.54) is 0 Å². The van der Waals surface area contributed by atoms with Gasteiger partial charge in [0.05, 0.1) is 6.54 Å². The van der Waals surface area contributed by atoms with Crippen LogP contribution in [0.2, 0.25) is 5.02 Å². The summed E-state index contributed by atoms with van der Waals surface area (Å²) in [6.07, 6.45) is 4.08. The third kappa shape index (κ3) is 4.02. The lowest BCUT2D eigenvalue weighted by Gasteiger charge is -2.11. The highest BCUT2D eigenvalue weighted by Gasteiger charge is 2.25. The standard InChI is InChI=1S/C13H15Cl2N3/c14-10-2-1-3-11(6-10)18-12(8-17-15)7-13(16)9-4-5-9/h1-3,6-7,9,16-18H,4-5,8H2/b12-7-,16-13?. The van der Waals surface area contributed by atoms with Gasteiger partial charge in [0.2, 0.25) is 0 Å². The molecule has 0 spiro atoms. The highest BCUT2D eigenvalue weighted by atomic mass is 35.5. The molecule has 3 nitrogen and oxygen atoms in total. The van der Waals surface area contributed by atoms with Crippen LogP contribution in [-0.4, -0.2) is 12.3 Å². The zero-order valence-electron chi connectivity index (χ0n) is 9.84. The molecule has 18 heavy (non-hydrogen) atoms. The fourth-order valence-electron chi connectivity index (χ4n) is 1.65. The smallest absolute Gasteiger partial charge is 0.0511 e.